The number of ether oxygens (including phenoxy) is 3. The number of nitrogens with one attached hydrogen (secondary N) is 2. The molecule has 0 saturated heterocycles. The highest BCUT2D eigenvalue weighted by molar-refractivity contribution is 5.89. The van der Waals surface area contributed by atoms with Crippen molar-refractivity contribution in [1.29, 1.82) is 0 Å². The second-order valence-corrected chi connectivity index (χ2v) is 4.78. The summed E-state index contributed by atoms with van der Waals surface area (Å²) in [5.74, 6) is 2.20. The zero-order chi connectivity index (χ0) is 17.2. The number of urea groups is 1. The first kappa shape index (κ1) is 17.5. The van der Waals surface area contributed by atoms with Crippen molar-refractivity contribution in [3.05, 3.63) is 48.5 Å². The van der Waals surface area contributed by atoms with Gasteiger partial charge in [-0.3, -0.25) is 0 Å². The Morgan fingerprint density at radius 1 is 0.792 bits per heavy atom. The molecular weight excluding hydrogens is 308 g/mol. The molecule has 0 unspecified atom stereocenters. The Labute approximate surface area is 141 Å². The van der Waals surface area contributed by atoms with E-state index in [1.54, 1.807) is 36.4 Å². The Bertz CT molecular complexity index is 626. The van der Waals surface area contributed by atoms with Crippen molar-refractivity contribution in [3.63, 3.8) is 0 Å². The summed E-state index contributed by atoms with van der Waals surface area (Å²) < 4.78 is 16.1. The summed E-state index contributed by atoms with van der Waals surface area (Å²) in [6.45, 7) is 5.14. The average Bonchev–Trinajstić information content (AvgIpc) is 2.59. The van der Waals surface area contributed by atoms with E-state index >= 15 is 0 Å². The van der Waals surface area contributed by atoms with E-state index in [9.17, 15) is 4.79 Å². The zero-order valence-corrected chi connectivity index (χ0v) is 13.9. The summed E-state index contributed by atoms with van der Waals surface area (Å²) >= 11 is 0. The molecule has 0 atom stereocenters. The topological polar surface area (TPSA) is 68.8 Å². The van der Waals surface area contributed by atoms with Crippen LogP contribution in [-0.4, -0.2) is 26.0 Å². The first-order valence-electron chi connectivity index (χ1n) is 7.84. The monoisotopic (exact) mass is 330 g/mol. The number of amides is 2. The highest BCUT2D eigenvalue weighted by atomic mass is 16.5. The minimum absolute atomic E-state index is 0.0663. The first-order chi connectivity index (χ1) is 11.7. The van der Waals surface area contributed by atoms with Crippen LogP contribution in [-0.2, 0) is 0 Å². The van der Waals surface area contributed by atoms with Gasteiger partial charge in [0.05, 0.1) is 13.2 Å². The molecule has 0 radical (unpaired) electrons. The SMILES string of the molecule is CCOc1ccc(NC(=O)NCOc2ccc(OCC)cc2)cc1. The van der Waals surface area contributed by atoms with Crippen LogP contribution in [0.15, 0.2) is 48.5 Å². The number of hydrogen-bond acceptors (Lipinski definition) is 4. The summed E-state index contributed by atoms with van der Waals surface area (Å²) in [4.78, 5) is 11.8. The lowest BCUT2D eigenvalue weighted by Gasteiger charge is -2.10. The van der Waals surface area contributed by atoms with Gasteiger partial charge in [0.2, 0.25) is 0 Å². The number of carbonyl (C=O) groups excluding carboxylic acids is 1. The maximum atomic E-state index is 11.8. The minimum atomic E-state index is -0.343. The largest absolute Gasteiger partial charge is 0.494 e. The molecule has 2 aromatic carbocycles. The van der Waals surface area contributed by atoms with E-state index in [4.69, 9.17) is 14.2 Å². The van der Waals surface area contributed by atoms with Crippen LogP contribution in [0.25, 0.3) is 0 Å². The van der Waals surface area contributed by atoms with Gasteiger partial charge in [0.1, 0.15) is 17.2 Å². The Kier molecular flexibility index (Phi) is 6.76. The maximum absolute atomic E-state index is 11.8. The van der Waals surface area contributed by atoms with Crippen LogP contribution in [0.3, 0.4) is 0 Å². The molecule has 0 aliphatic carbocycles. The van der Waals surface area contributed by atoms with Gasteiger partial charge in [-0.25, -0.2) is 4.79 Å². The van der Waals surface area contributed by atoms with Crippen LogP contribution in [0.2, 0.25) is 0 Å². The fourth-order valence-corrected chi connectivity index (χ4v) is 1.96. The van der Waals surface area contributed by atoms with E-state index in [1.165, 1.54) is 0 Å². The van der Waals surface area contributed by atoms with Crippen molar-refractivity contribution >= 4 is 11.7 Å². The molecule has 0 spiro atoms. The smallest absolute Gasteiger partial charge is 0.321 e. The number of hydrogen-bond donors (Lipinski definition) is 2. The van der Waals surface area contributed by atoms with Gasteiger partial charge in [-0.1, -0.05) is 0 Å². The Balaban J connectivity index is 1.72. The molecular formula is C18H22N2O4. The molecule has 6 nitrogen and oxygen atoms in total. The number of rotatable bonds is 8. The van der Waals surface area contributed by atoms with Crippen LogP contribution in [0.1, 0.15) is 13.8 Å². The van der Waals surface area contributed by atoms with Gasteiger partial charge in [-0.15, -0.1) is 0 Å². The van der Waals surface area contributed by atoms with Crippen LogP contribution < -0.4 is 24.8 Å². The second kappa shape index (κ2) is 9.29. The van der Waals surface area contributed by atoms with Crippen molar-refractivity contribution in [1.82, 2.24) is 5.32 Å². The van der Waals surface area contributed by atoms with Gasteiger partial charge in [-0.2, -0.15) is 0 Å². The van der Waals surface area contributed by atoms with Crippen molar-refractivity contribution in [2.75, 3.05) is 25.3 Å². The highest BCUT2D eigenvalue weighted by Gasteiger charge is 2.02. The average molecular weight is 330 g/mol. The summed E-state index contributed by atoms with van der Waals surface area (Å²) in [5.41, 5.74) is 0.678. The summed E-state index contributed by atoms with van der Waals surface area (Å²) in [6.07, 6.45) is 0. The summed E-state index contributed by atoms with van der Waals surface area (Å²) in [6, 6.07) is 14.0. The van der Waals surface area contributed by atoms with Gasteiger partial charge < -0.3 is 24.8 Å². The van der Waals surface area contributed by atoms with E-state index in [0.717, 1.165) is 11.5 Å². The molecule has 0 bridgehead atoms. The zero-order valence-electron chi connectivity index (χ0n) is 13.9. The standard InChI is InChI=1S/C18H22N2O4/c1-3-22-15-7-5-14(6-8-15)20-18(21)19-13-24-17-11-9-16(10-12-17)23-4-2/h5-12H,3-4,13H2,1-2H3,(H2,19,20,21). The summed E-state index contributed by atoms with van der Waals surface area (Å²) in [5, 5.41) is 5.34. The van der Waals surface area contributed by atoms with Crippen molar-refractivity contribution < 1.29 is 19.0 Å². The Hall–Kier alpha value is -2.89. The quantitative estimate of drug-likeness (QED) is 0.725. The predicted molar refractivity (Wildman–Crippen MR) is 92.9 cm³/mol. The first-order valence-corrected chi connectivity index (χ1v) is 7.84. The Morgan fingerprint density at radius 2 is 1.25 bits per heavy atom. The molecule has 0 heterocycles. The lowest BCUT2D eigenvalue weighted by atomic mass is 10.3. The van der Waals surface area contributed by atoms with E-state index in [0.29, 0.717) is 24.7 Å². The number of benzene rings is 2. The van der Waals surface area contributed by atoms with E-state index < -0.39 is 0 Å². The van der Waals surface area contributed by atoms with Gasteiger partial charge >= 0.3 is 6.03 Å². The molecule has 2 N–H and O–H groups in total. The van der Waals surface area contributed by atoms with Crippen LogP contribution in [0.4, 0.5) is 10.5 Å². The third kappa shape index (κ3) is 5.72. The van der Waals surface area contributed by atoms with Crippen molar-refractivity contribution in [2.24, 2.45) is 0 Å². The number of anilines is 1. The van der Waals surface area contributed by atoms with Crippen LogP contribution in [0.5, 0.6) is 17.2 Å². The third-order valence-electron chi connectivity index (χ3n) is 3.03. The molecule has 2 amide bonds. The van der Waals surface area contributed by atoms with Gasteiger partial charge in [0.15, 0.2) is 6.73 Å². The minimum Gasteiger partial charge on any atom is -0.494 e. The van der Waals surface area contributed by atoms with E-state index in [2.05, 4.69) is 10.6 Å². The van der Waals surface area contributed by atoms with Crippen molar-refractivity contribution in [2.45, 2.75) is 13.8 Å². The van der Waals surface area contributed by atoms with Crippen molar-refractivity contribution in [3.8, 4) is 17.2 Å². The van der Waals surface area contributed by atoms with E-state index in [-0.39, 0.29) is 12.8 Å². The molecule has 0 aliphatic heterocycles. The van der Waals surface area contributed by atoms with E-state index in [1.807, 2.05) is 26.0 Å². The third-order valence-corrected chi connectivity index (χ3v) is 3.03. The molecule has 24 heavy (non-hydrogen) atoms. The maximum Gasteiger partial charge on any atom is 0.321 e. The molecule has 0 saturated carbocycles. The fourth-order valence-electron chi connectivity index (χ4n) is 1.96. The second-order valence-electron chi connectivity index (χ2n) is 4.78. The van der Waals surface area contributed by atoms with Gasteiger partial charge in [0.25, 0.3) is 0 Å². The fraction of sp³-hybridized carbons (Fsp3) is 0.278. The summed E-state index contributed by atoms with van der Waals surface area (Å²) in [7, 11) is 0. The molecule has 0 aliphatic rings. The normalized spacial score (nSPS) is 9.92. The van der Waals surface area contributed by atoms with Crippen LogP contribution in [0, 0.1) is 0 Å². The molecule has 6 heteroatoms. The van der Waals surface area contributed by atoms with Gasteiger partial charge in [0, 0.05) is 5.69 Å². The predicted octanol–water partition coefficient (Wildman–Crippen LogP) is 3.64. The highest BCUT2D eigenvalue weighted by Crippen LogP contribution is 2.17. The lowest BCUT2D eigenvalue weighted by molar-refractivity contribution is 0.234. The molecule has 0 aromatic heterocycles. The molecule has 128 valence electrons. The van der Waals surface area contributed by atoms with Gasteiger partial charge in [-0.05, 0) is 62.4 Å². The number of carbonyl (C=O) groups is 1. The Morgan fingerprint density at radius 3 is 1.75 bits per heavy atom. The lowest BCUT2D eigenvalue weighted by Crippen LogP contribution is -2.31. The molecule has 2 aromatic rings. The van der Waals surface area contributed by atoms with Crippen LogP contribution >= 0.6 is 0 Å². The molecule has 2 rings (SSSR count). The molecule has 0 fully saturated rings.